The fourth-order valence-electron chi connectivity index (χ4n) is 1.01. The minimum Gasteiger partial charge on any atom is -0.462 e. The lowest BCUT2D eigenvalue weighted by Gasteiger charge is -2.08. The van der Waals surface area contributed by atoms with Gasteiger partial charge in [-0.1, -0.05) is 11.6 Å². The van der Waals surface area contributed by atoms with Gasteiger partial charge in [-0.05, 0) is 40.5 Å². The highest BCUT2D eigenvalue weighted by Crippen LogP contribution is 2.29. The zero-order chi connectivity index (χ0) is 12.3. The molecule has 1 rings (SSSR count). The summed E-state index contributed by atoms with van der Waals surface area (Å²) in [7, 11) is 1.14. The number of amides is 1. The number of aryl methyl sites for hydroxylation is 1. The topological polar surface area (TPSA) is 55.4 Å². The van der Waals surface area contributed by atoms with E-state index in [0.29, 0.717) is 15.2 Å². The summed E-state index contributed by atoms with van der Waals surface area (Å²) in [5, 5.41) is 2.89. The first kappa shape index (κ1) is 13.0. The molecule has 1 aromatic carbocycles. The van der Waals surface area contributed by atoms with E-state index in [2.05, 4.69) is 26.0 Å². The second kappa shape index (κ2) is 5.32. The van der Waals surface area contributed by atoms with Crippen LogP contribution in [0.15, 0.2) is 16.6 Å². The fourth-order valence-corrected chi connectivity index (χ4v) is 1.73. The van der Waals surface area contributed by atoms with Gasteiger partial charge in [0.1, 0.15) is 0 Å². The number of hydrogen-bond donors (Lipinski definition) is 1. The van der Waals surface area contributed by atoms with E-state index in [1.807, 2.05) is 6.92 Å². The number of hydrogen-bond acceptors (Lipinski definition) is 3. The summed E-state index contributed by atoms with van der Waals surface area (Å²) >= 11 is 9.15. The van der Waals surface area contributed by atoms with Crippen LogP contribution in [0.25, 0.3) is 0 Å². The Kier molecular flexibility index (Phi) is 4.32. The Morgan fingerprint density at radius 2 is 2.06 bits per heavy atom. The SMILES string of the molecule is COC(=O)C(=O)Nc1cc(Cl)c(C)cc1Br. The van der Waals surface area contributed by atoms with Gasteiger partial charge in [-0.2, -0.15) is 0 Å². The molecule has 6 heteroatoms. The maximum atomic E-state index is 11.2. The largest absolute Gasteiger partial charge is 0.462 e. The predicted octanol–water partition coefficient (Wildman–Crippen LogP) is 2.52. The molecule has 1 amide bonds. The molecular weight excluding hydrogens is 297 g/mol. The normalized spacial score (nSPS) is 9.75. The first-order chi connectivity index (χ1) is 7.45. The molecular formula is C10H9BrClNO3. The quantitative estimate of drug-likeness (QED) is 0.641. The molecule has 0 fully saturated rings. The number of nitrogens with one attached hydrogen (secondary N) is 1. The van der Waals surface area contributed by atoms with Crippen LogP contribution in [-0.4, -0.2) is 19.0 Å². The molecule has 0 bridgehead atoms. The summed E-state index contributed by atoms with van der Waals surface area (Å²) in [4.78, 5) is 22.1. The van der Waals surface area contributed by atoms with E-state index >= 15 is 0 Å². The van der Waals surface area contributed by atoms with Crippen molar-refractivity contribution in [2.24, 2.45) is 0 Å². The molecule has 0 aromatic heterocycles. The number of methoxy groups -OCH3 is 1. The van der Waals surface area contributed by atoms with E-state index in [-0.39, 0.29) is 0 Å². The molecule has 0 heterocycles. The number of ether oxygens (including phenoxy) is 1. The Morgan fingerprint density at radius 3 is 2.62 bits per heavy atom. The number of anilines is 1. The van der Waals surface area contributed by atoms with Crippen LogP contribution >= 0.6 is 27.5 Å². The Balaban J connectivity index is 2.94. The van der Waals surface area contributed by atoms with Crippen molar-refractivity contribution in [3.63, 3.8) is 0 Å². The maximum absolute atomic E-state index is 11.2. The van der Waals surface area contributed by atoms with Crippen molar-refractivity contribution in [2.45, 2.75) is 6.92 Å². The van der Waals surface area contributed by atoms with Crippen LogP contribution in [0.3, 0.4) is 0 Å². The molecule has 1 N–H and O–H groups in total. The lowest BCUT2D eigenvalue weighted by atomic mass is 10.2. The number of benzene rings is 1. The van der Waals surface area contributed by atoms with Crippen LogP contribution in [0.2, 0.25) is 5.02 Å². The zero-order valence-corrected chi connectivity index (χ0v) is 11.0. The molecule has 0 aliphatic carbocycles. The van der Waals surface area contributed by atoms with E-state index in [0.717, 1.165) is 12.7 Å². The van der Waals surface area contributed by atoms with Gasteiger partial charge in [0.2, 0.25) is 0 Å². The van der Waals surface area contributed by atoms with Crippen LogP contribution in [0.5, 0.6) is 0 Å². The highest BCUT2D eigenvalue weighted by atomic mass is 79.9. The first-order valence-electron chi connectivity index (χ1n) is 4.30. The number of carbonyl (C=O) groups excluding carboxylic acids is 2. The van der Waals surface area contributed by atoms with E-state index in [9.17, 15) is 9.59 Å². The minimum atomic E-state index is -0.955. The number of esters is 1. The highest BCUT2D eigenvalue weighted by molar-refractivity contribution is 9.10. The average Bonchev–Trinajstić information content (AvgIpc) is 2.24. The van der Waals surface area contributed by atoms with E-state index in [1.165, 1.54) is 0 Å². The number of halogens is 2. The van der Waals surface area contributed by atoms with Gasteiger partial charge in [0.15, 0.2) is 0 Å². The van der Waals surface area contributed by atoms with Crippen molar-refractivity contribution in [1.29, 1.82) is 0 Å². The molecule has 0 aliphatic rings. The van der Waals surface area contributed by atoms with Crippen LogP contribution in [-0.2, 0) is 14.3 Å². The van der Waals surface area contributed by atoms with Gasteiger partial charge in [0.05, 0.1) is 12.8 Å². The monoisotopic (exact) mass is 305 g/mol. The van der Waals surface area contributed by atoms with Gasteiger partial charge in [0.25, 0.3) is 0 Å². The summed E-state index contributed by atoms with van der Waals surface area (Å²) in [5.41, 5.74) is 1.29. The Hall–Kier alpha value is -1.07. The Bertz CT molecular complexity index is 448. The zero-order valence-electron chi connectivity index (χ0n) is 8.64. The minimum absolute atomic E-state index is 0.422. The number of carbonyl (C=O) groups is 2. The average molecular weight is 307 g/mol. The smallest absolute Gasteiger partial charge is 0.396 e. The predicted molar refractivity (Wildman–Crippen MR) is 64.5 cm³/mol. The van der Waals surface area contributed by atoms with E-state index in [4.69, 9.17) is 11.6 Å². The van der Waals surface area contributed by atoms with Crippen molar-refractivity contribution in [1.82, 2.24) is 0 Å². The molecule has 0 unspecified atom stereocenters. The summed E-state index contributed by atoms with van der Waals surface area (Å²) < 4.78 is 4.92. The molecule has 0 saturated carbocycles. The van der Waals surface area contributed by atoms with Gasteiger partial charge in [-0.25, -0.2) is 4.79 Å². The van der Waals surface area contributed by atoms with Crippen LogP contribution in [0.1, 0.15) is 5.56 Å². The van der Waals surface area contributed by atoms with Crippen molar-refractivity contribution >= 4 is 45.1 Å². The van der Waals surface area contributed by atoms with Gasteiger partial charge >= 0.3 is 11.9 Å². The summed E-state index contributed by atoms with van der Waals surface area (Å²) in [6.07, 6.45) is 0. The third kappa shape index (κ3) is 2.96. The lowest BCUT2D eigenvalue weighted by molar-refractivity contribution is -0.150. The molecule has 0 spiro atoms. The van der Waals surface area contributed by atoms with E-state index in [1.54, 1.807) is 12.1 Å². The molecule has 0 saturated heterocycles. The van der Waals surface area contributed by atoms with Crippen molar-refractivity contribution in [3.8, 4) is 0 Å². The molecule has 16 heavy (non-hydrogen) atoms. The van der Waals surface area contributed by atoms with Gasteiger partial charge in [-0.15, -0.1) is 0 Å². The lowest BCUT2D eigenvalue weighted by Crippen LogP contribution is -2.24. The van der Waals surface area contributed by atoms with Crippen molar-refractivity contribution in [2.75, 3.05) is 12.4 Å². The molecule has 4 nitrogen and oxygen atoms in total. The Labute approximate surface area is 106 Å². The Morgan fingerprint density at radius 1 is 1.44 bits per heavy atom. The molecule has 0 aliphatic heterocycles. The molecule has 0 radical (unpaired) electrons. The van der Waals surface area contributed by atoms with Crippen LogP contribution in [0.4, 0.5) is 5.69 Å². The summed E-state index contributed by atoms with van der Waals surface area (Å²) in [6.45, 7) is 1.83. The van der Waals surface area contributed by atoms with Crippen molar-refractivity contribution < 1.29 is 14.3 Å². The third-order valence-corrected chi connectivity index (χ3v) is 2.93. The first-order valence-corrected chi connectivity index (χ1v) is 5.47. The highest BCUT2D eigenvalue weighted by Gasteiger charge is 2.15. The van der Waals surface area contributed by atoms with Gasteiger partial charge < -0.3 is 10.1 Å². The van der Waals surface area contributed by atoms with Gasteiger partial charge in [0, 0.05) is 9.50 Å². The molecule has 86 valence electrons. The van der Waals surface area contributed by atoms with Crippen molar-refractivity contribution in [3.05, 3.63) is 27.2 Å². The summed E-state index contributed by atoms with van der Waals surface area (Å²) in [6, 6.07) is 3.30. The fraction of sp³-hybridized carbons (Fsp3) is 0.200. The summed E-state index contributed by atoms with van der Waals surface area (Å²) in [5.74, 6) is -1.80. The standard InChI is InChI=1S/C10H9BrClNO3/c1-5-3-6(11)8(4-7(5)12)13-9(14)10(15)16-2/h3-4H,1-2H3,(H,13,14). The third-order valence-electron chi connectivity index (χ3n) is 1.87. The second-order valence-electron chi connectivity index (χ2n) is 3.03. The van der Waals surface area contributed by atoms with Gasteiger partial charge in [-0.3, -0.25) is 4.79 Å². The number of rotatable bonds is 1. The van der Waals surface area contributed by atoms with Crippen LogP contribution in [0, 0.1) is 6.92 Å². The second-order valence-corrected chi connectivity index (χ2v) is 4.29. The van der Waals surface area contributed by atoms with Crippen LogP contribution < -0.4 is 5.32 Å². The maximum Gasteiger partial charge on any atom is 0.396 e. The molecule has 1 aromatic rings. The van der Waals surface area contributed by atoms with E-state index < -0.39 is 11.9 Å². The molecule has 0 atom stereocenters.